The third-order valence-electron chi connectivity index (χ3n) is 1.66. The number of rotatable bonds is 6. The summed E-state index contributed by atoms with van der Waals surface area (Å²) in [6, 6.07) is 0. The molecule has 17 heteroatoms. The normalized spacial score (nSPS) is 14.2. The summed E-state index contributed by atoms with van der Waals surface area (Å²) in [7, 11) is -10.4. The molecule has 0 aliphatic rings. The van der Waals surface area contributed by atoms with E-state index in [4.69, 9.17) is 0 Å². The summed E-state index contributed by atoms with van der Waals surface area (Å²) in [5.41, 5.74) is 0. The van der Waals surface area contributed by atoms with Gasteiger partial charge in [-0.15, -0.1) is 5.10 Å². The summed E-state index contributed by atoms with van der Waals surface area (Å²) < 4.78 is 123. The van der Waals surface area contributed by atoms with Crippen LogP contribution in [0.2, 0.25) is 0 Å². The minimum atomic E-state index is -5.19. The van der Waals surface area contributed by atoms with Crippen LogP contribution in [0, 0.1) is 0 Å². The van der Waals surface area contributed by atoms with Gasteiger partial charge in [0.15, 0.2) is 13.2 Å². The first-order chi connectivity index (χ1) is 10.1. The van der Waals surface area contributed by atoms with Crippen molar-refractivity contribution in [1.29, 1.82) is 0 Å². The number of aromatic amines is 1. The van der Waals surface area contributed by atoms with Crippen LogP contribution in [0.1, 0.15) is 0 Å². The molecule has 0 saturated heterocycles. The Bertz CT molecular complexity index is 688. The molecule has 9 nitrogen and oxygen atoms in total. The number of nitrogens with one attached hydrogen (secondary N) is 1. The van der Waals surface area contributed by atoms with Gasteiger partial charge in [0.2, 0.25) is 0 Å². The Balaban J connectivity index is 2.93. The van der Waals surface area contributed by atoms with Crippen molar-refractivity contribution in [2.24, 2.45) is 0 Å². The van der Waals surface area contributed by atoms with E-state index in [1.807, 2.05) is 0 Å². The van der Waals surface area contributed by atoms with Crippen molar-refractivity contribution in [1.82, 2.24) is 15.2 Å². The fraction of sp³-hybridized carbons (Fsp3) is 0.667. The molecule has 0 aliphatic carbocycles. The molecule has 0 atom stereocenters. The molecule has 1 aromatic rings. The molecule has 23 heavy (non-hydrogen) atoms. The fourth-order valence-electron chi connectivity index (χ4n) is 0.853. The van der Waals surface area contributed by atoms with Gasteiger partial charge in [0.1, 0.15) is 0 Å². The molecule has 0 spiro atoms. The molecule has 0 amide bonds. The Morgan fingerprint density at radius 1 is 0.870 bits per heavy atom. The number of halogens is 6. The molecule has 134 valence electrons. The minimum Gasteiger partial charge on any atom is -0.254 e. The highest BCUT2D eigenvalue weighted by Gasteiger charge is 2.36. The molecule has 0 radical (unpaired) electrons. The van der Waals surface area contributed by atoms with Crippen LogP contribution < -0.4 is 0 Å². The third kappa shape index (κ3) is 6.28. The van der Waals surface area contributed by atoms with Gasteiger partial charge in [-0.05, 0) is 0 Å². The van der Waals surface area contributed by atoms with E-state index in [0.29, 0.717) is 0 Å². The number of H-pyrrole nitrogens is 1. The first kappa shape index (κ1) is 19.6. The Morgan fingerprint density at radius 3 is 1.74 bits per heavy atom. The zero-order chi connectivity index (χ0) is 18.1. The smallest absolute Gasteiger partial charge is 0.254 e. The maximum atomic E-state index is 11.9. The van der Waals surface area contributed by atoms with Crippen LogP contribution in [0.4, 0.5) is 26.3 Å². The van der Waals surface area contributed by atoms with E-state index < -0.39 is 56.1 Å². The van der Waals surface area contributed by atoms with E-state index in [1.54, 1.807) is 0 Å². The molecule has 0 unspecified atom stereocenters. The lowest BCUT2D eigenvalue weighted by molar-refractivity contribution is -0.153. The Kier molecular flexibility index (Phi) is 5.29. The van der Waals surface area contributed by atoms with Crippen LogP contribution in [0.15, 0.2) is 10.3 Å². The summed E-state index contributed by atoms with van der Waals surface area (Å²) in [6.07, 6.45) is -10.0. The number of hydrogen-bond acceptors (Lipinski definition) is 8. The third-order valence-corrected chi connectivity index (χ3v) is 3.80. The van der Waals surface area contributed by atoms with Crippen molar-refractivity contribution in [2.75, 3.05) is 13.2 Å². The van der Waals surface area contributed by atoms with E-state index in [0.717, 1.165) is 0 Å². The molecule has 0 fully saturated rings. The molecular formula is C6H5F6N3O6S2. The van der Waals surface area contributed by atoms with Gasteiger partial charge in [0, 0.05) is 0 Å². The van der Waals surface area contributed by atoms with Gasteiger partial charge >= 0.3 is 32.6 Å². The lowest BCUT2D eigenvalue weighted by Gasteiger charge is -2.06. The number of alkyl halides is 6. The number of aromatic nitrogens is 3. The van der Waals surface area contributed by atoms with Crippen molar-refractivity contribution in [2.45, 2.75) is 22.7 Å². The molecule has 0 aromatic carbocycles. The summed E-state index contributed by atoms with van der Waals surface area (Å²) in [6.45, 7) is -4.47. The van der Waals surface area contributed by atoms with Crippen LogP contribution in [0.25, 0.3) is 0 Å². The monoisotopic (exact) mass is 393 g/mol. The van der Waals surface area contributed by atoms with Crippen LogP contribution in [0.3, 0.4) is 0 Å². The van der Waals surface area contributed by atoms with Crippen LogP contribution in [-0.2, 0) is 28.6 Å². The first-order valence-electron chi connectivity index (χ1n) is 4.97. The van der Waals surface area contributed by atoms with E-state index in [9.17, 15) is 43.2 Å². The maximum absolute atomic E-state index is 11.9. The zero-order valence-electron chi connectivity index (χ0n) is 10.3. The molecule has 0 bridgehead atoms. The topological polar surface area (TPSA) is 128 Å². The predicted molar refractivity (Wildman–Crippen MR) is 54.8 cm³/mol. The summed E-state index contributed by atoms with van der Waals surface area (Å²) >= 11 is 0. The second-order valence-electron chi connectivity index (χ2n) is 3.59. The van der Waals surface area contributed by atoms with Gasteiger partial charge in [-0.1, -0.05) is 0 Å². The van der Waals surface area contributed by atoms with Gasteiger partial charge in [-0.25, -0.2) is 5.10 Å². The van der Waals surface area contributed by atoms with Crippen molar-refractivity contribution in [3.05, 3.63) is 0 Å². The quantitative estimate of drug-likeness (QED) is 0.541. The highest BCUT2D eigenvalue weighted by Crippen LogP contribution is 2.20. The Hall–Kier alpha value is -1.46. The van der Waals surface area contributed by atoms with E-state index in [2.05, 4.69) is 18.4 Å². The van der Waals surface area contributed by atoms with Crippen LogP contribution in [0.5, 0.6) is 0 Å². The lowest BCUT2D eigenvalue weighted by Crippen LogP contribution is -2.22. The van der Waals surface area contributed by atoms with Crippen molar-refractivity contribution in [3.8, 4) is 0 Å². The summed E-state index contributed by atoms with van der Waals surface area (Å²) in [5.74, 6) is 0. The molecule has 1 aromatic heterocycles. The predicted octanol–water partition coefficient (Wildman–Crippen LogP) is 0.340. The van der Waals surface area contributed by atoms with Crippen molar-refractivity contribution in [3.63, 3.8) is 0 Å². The maximum Gasteiger partial charge on any atom is 0.413 e. The van der Waals surface area contributed by atoms with Gasteiger partial charge in [-0.2, -0.15) is 48.2 Å². The standard InChI is InChI=1S/C6H5F6N3O6S2/c7-5(8,9)1-20-22(16,17)3-13-4(15-14-3)23(18,19)21-2-6(10,11)12/h1-2H2,(H,13,14,15). The largest absolute Gasteiger partial charge is 0.413 e. The molecule has 0 aliphatic heterocycles. The SMILES string of the molecule is O=S(=O)(OCC(F)(F)F)c1n[nH]c(S(=O)(=O)OCC(F)(F)F)n1. The summed E-state index contributed by atoms with van der Waals surface area (Å²) in [5, 5.41) is 1.15. The number of nitrogens with zero attached hydrogens (tertiary/aromatic N) is 2. The average Bonchev–Trinajstić information content (AvgIpc) is 2.84. The number of hydrogen-bond donors (Lipinski definition) is 1. The van der Waals surface area contributed by atoms with Gasteiger partial charge in [0.25, 0.3) is 10.3 Å². The first-order valence-corrected chi connectivity index (χ1v) is 7.79. The van der Waals surface area contributed by atoms with Gasteiger partial charge < -0.3 is 0 Å². The van der Waals surface area contributed by atoms with E-state index in [1.165, 1.54) is 5.10 Å². The highest BCUT2D eigenvalue weighted by molar-refractivity contribution is 7.87. The zero-order valence-corrected chi connectivity index (χ0v) is 12.0. The van der Waals surface area contributed by atoms with Gasteiger partial charge in [-0.3, -0.25) is 8.37 Å². The lowest BCUT2D eigenvalue weighted by atomic mass is 10.7. The van der Waals surface area contributed by atoms with Gasteiger partial charge in [0.05, 0.1) is 0 Å². The van der Waals surface area contributed by atoms with Crippen LogP contribution in [-0.4, -0.2) is 57.6 Å². The van der Waals surface area contributed by atoms with E-state index >= 15 is 0 Å². The Labute approximate surface area is 123 Å². The summed E-state index contributed by atoms with van der Waals surface area (Å²) in [4.78, 5) is 2.73. The molecular weight excluding hydrogens is 388 g/mol. The molecule has 1 heterocycles. The molecule has 1 N–H and O–H groups in total. The Morgan fingerprint density at radius 2 is 1.30 bits per heavy atom. The molecule has 0 saturated carbocycles. The van der Waals surface area contributed by atoms with E-state index in [-0.39, 0.29) is 0 Å². The minimum absolute atomic E-state index is 1.40. The van der Waals surface area contributed by atoms with Crippen molar-refractivity contribution >= 4 is 20.2 Å². The average molecular weight is 393 g/mol. The second kappa shape index (κ2) is 6.21. The second-order valence-corrected chi connectivity index (χ2v) is 6.63. The highest BCUT2D eigenvalue weighted by atomic mass is 32.2. The molecule has 1 rings (SSSR count). The fourth-order valence-corrected chi connectivity index (χ4v) is 2.42. The van der Waals surface area contributed by atoms with Crippen molar-refractivity contribution < 1.29 is 51.5 Å². The van der Waals surface area contributed by atoms with Crippen LogP contribution >= 0.6 is 0 Å².